The summed E-state index contributed by atoms with van der Waals surface area (Å²) in [5.41, 5.74) is 1.63. The lowest BCUT2D eigenvalue weighted by atomic mass is 10.2. The fourth-order valence-corrected chi connectivity index (χ4v) is 3.70. The van der Waals surface area contributed by atoms with Crippen molar-refractivity contribution in [2.24, 2.45) is 0 Å². The van der Waals surface area contributed by atoms with E-state index < -0.39 is 6.61 Å². The van der Waals surface area contributed by atoms with E-state index in [-0.39, 0.29) is 42.9 Å². The third-order valence-corrected chi connectivity index (χ3v) is 5.38. The molecule has 0 aliphatic rings. The molecule has 0 atom stereocenters. The number of nitrogens with zero attached hydrogens (tertiary/aromatic N) is 2. The minimum Gasteiger partial charge on any atom is -0.490 e. The van der Waals surface area contributed by atoms with Crippen LogP contribution in [0.1, 0.15) is 34.3 Å². The summed E-state index contributed by atoms with van der Waals surface area (Å²) in [6.45, 7) is 0.973. The minimum atomic E-state index is -2.96. The van der Waals surface area contributed by atoms with Crippen molar-refractivity contribution < 1.29 is 32.3 Å². The van der Waals surface area contributed by atoms with Crippen molar-refractivity contribution in [3.8, 4) is 11.5 Å². The van der Waals surface area contributed by atoms with Gasteiger partial charge < -0.3 is 18.8 Å². The summed E-state index contributed by atoms with van der Waals surface area (Å²) >= 11 is 1.22. The van der Waals surface area contributed by atoms with E-state index in [0.29, 0.717) is 27.7 Å². The van der Waals surface area contributed by atoms with Crippen molar-refractivity contribution >= 4 is 28.3 Å². The zero-order chi connectivity index (χ0) is 24.0. The average Bonchev–Trinajstić information content (AvgIpc) is 3.38. The SMILES string of the molecule is CCOc1cc(CN(C)C(=O)Cc2csc(NC(=O)c3ccoc3C)n2)ccc1OC(F)F. The van der Waals surface area contributed by atoms with Crippen LogP contribution < -0.4 is 14.8 Å². The molecule has 2 heterocycles. The number of ether oxygens (including phenoxy) is 2. The standard InChI is InChI=1S/C22H23F2N3O5S/c1-4-30-18-9-14(5-6-17(18)32-21(23)24)11-27(3)19(28)10-15-12-33-22(25-15)26-20(29)16-7-8-31-13(16)2/h5-9,12,21H,4,10-11H2,1-3H3,(H,25,26,29). The molecule has 0 aliphatic heterocycles. The summed E-state index contributed by atoms with van der Waals surface area (Å²) < 4.78 is 40.1. The number of carbonyl (C=O) groups excluding carboxylic acids is 2. The molecule has 8 nitrogen and oxygen atoms in total. The molecule has 0 saturated carbocycles. The van der Waals surface area contributed by atoms with Crippen LogP contribution in [0.25, 0.3) is 0 Å². The first-order valence-electron chi connectivity index (χ1n) is 10.0. The Morgan fingerprint density at radius 2 is 2.06 bits per heavy atom. The molecule has 0 fully saturated rings. The number of carbonyl (C=O) groups is 2. The highest BCUT2D eigenvalue weighted by atomic mass is 32.1. The second kappa shape index (κ2) is 10.9. The lowest BCUT2D eigenvalue weighted by Gasteiger charge is -2.18. The molecule has 33 heavy (non-hydrogen) atoms. The van der Waals surface area contributed by atoms with Gasteiger partial charge in [0, 0.05) is 19.0 Å². The van der Waals surface area contributed by atoms with E-state index in [1.165, 1.54) is 28.6 Å². The second-order valence-electron chi connectivity index (χ2n) is 7.01. The Kier molecular flexibility index (Phi) is 7.99. The van der Waals surface area contributed by atoms with Gasteiger partial charge in [0.25, 0.3) is 5.91 Å². The molecule has 0 bridgehead atoms. The van der Waals surface area contributed by atoms with Gasteiger partial charge in [0.15, 0.2) is 16.6 Å². The van der Waals surface area contributed by atoms with E-state index >= 15 is 0 Å². The molecule has 0 saturated heterocycles. The molecular weight excluding hydrogens is 456 g/mol. The second-order valence-corrected chi connectivity index (χ2v) is 7.87. The van der Waals surface area contributed by atoms with Crippen molar-refractivity contribution in [2.45, 2.75) is 33.4 Å². The van der Waals surface area contributed by atoms with Crippen molar-refractivity contribution in [1.29, 1.82) is 0 Å². The van der Waals surface area contributed by atoms with Crippen LogP contribution in [0, 0.1) is 6.92 Å². The number of rotatable bonds is 10. The van der Waals surface area contributed by atoms with E-state index in [1.807, 2.05) is 0 Å². The molecular formula is C22H23F2N3O5S. The Morgan fingerprint density at radius 3 is 2.73 bits per heavy atom. The van der Waals surface area contributed by atoms with E-state index in [9.17, 15) is 18.4 Å². The number of aromatic nitrogens is 1. The summed E-state index contributed by atoms with van der Waals surface area (Å²) in [6.07, 6.45) is 1.47. The van der Waals surface area contributed by atoms with Crippen LogP contribution in [-0.4, -0.2) is 42.0 Å². The Hall–Kier alpha value is -3.47. The normalized spacial score (nSPS) is 10.8. The van der Waals surface area contributed by atoms with Gasteiger partial charge in [-0.15, -0.1) is 11.3 Å². The Balaban J connectivity index is 1.59. The van der Waals surface area contributed by atoms with Crippen LogP contribution in [0.3, 0.4) is 0 Å². The molecule has 11 heteroatoms. The number of aryl methyl sites for hydroxylation is 1. The maximum Gasteiger partial charge on any atom is 0.387 e. The molecule has 176 valence electrons. The Bertz CT molecular complexity index is 1120. The maximum absolute atomic E-state index is 12.6. The van der Waals surface area contributed by atoms with E-state index in [4.69, 9.17) is 9.15 Å². The number of anilines is 1. The fraction of sp³-hybridized carbons (Fsp3) is 0.318. The maximum atomic E-state index is 12.6. The van der Waals surface area contributed by atoms with Crippen LogP contribution in [0.5, 0.6) is 11.5 Å². The summed E-state index contributed by atoms with van der Waals surface area (Å²) in [7, 11) is 1.63. The van der Waals surface area contributed by atoms with Gasteiger partial charge in [-0.05, 0) is 37.6 Å². The molecule has 1 aromatic carbocycles. The van der Waals surface area contributed by atoms with Crippen molar-refractivity contribution in [3.05, 3.63) is 58.5 Å². The zero-order valence-electron chi connectivity index (χ0n) is 18.3. The van der Waals surface area contributed by atoms with Crippen LogP contribution in [-0.2, 0) is 17.8 Å². The molecule has 2 aromatic heterocycles. The Morgan fingerprint density at radius 1 is 1.27 bits per heavy atom. The van der Waals surface area contributed by atoms with Gasteiger partial charge in [0.1, 0.15) is 5.76 Å². The number of halogens is 2. The van der Waals surface area contributed by atoms with E-state index in [0.717, 1.165) is 0 Å². The van der Waals surface area contributed by atoms with Gasteiger partial charge in [-0.2, -0.15) is 8.78 Å². The molecule has 1 N–H and O–H groups in total. The van der Waals surface area contributed by atoms with Crippen LogP contribution >= 0.6 is 11.3 Å². The summed E-state index contributed by atoms with van der Waals surface area (Å²) in [5.74, 6) is 0.0863. The van der Waals surface area contributed by atoms with Gasteiger partial charge in [-0.25, -0.2) is 4.98 Å². The monoisotopic (exact) mass is 479 g/mol. The lowest BCUT2D eigenvalue weighted by molar-refractivity contribution is -0.129. The van der Waals surface area contributed by atoms with Gasteiger partial charge in [0.05, 0.1) is 30.5 Å². The van der Waals surface area contributed by atoms with Gasteiger partial charge in [-0.1, -0.05) is 6.07 Å². The number of amides is 2. The first-order chi connectivity index (χ1) is 15.8. The summed E-state index contributed by atoms with van der Waals surface area (Å²) in [5, 5.41) is 4.77. The average molecular weight is 480 g/mol. The summed E-state index contributed by atoms with van der Waals surface area (Å²) in [6, 6.07) is 6.13. The number of hydrogen-bond donors (Lipinski definition) is 1. The molecule has 0 spiro atoms. The number of hydrogen-bond acceptors (Lipinski definition) is 7. The number of likely N-dealkylation sites (N-methyl/N-ethyl adjacent to an activating group) is 1. The van der Waals surface area contributed by atoms with Crippen LogP contribution in [0.4, 0.5) is 13.9 Å². The summed E-state index contributed by atoms with van der Waals surface area (Å²) in [4.78, 5) is 30.7. The third-order valence-electron chi connectivity index (χ3n) is 4.58. The van der Waals surface area contributed by atoms with Crippen LogP contribution in [0.2, 0.25) is 0 Å². The molecule has 3 rings (SSSR count). The predicted octanol–water partition coefficient (Wildman–Crippen LogP) is 4.50. The molecule has 3 aromatic rings. The first kappa shape index (κ1) is 24.2. The highest BCUT2D eigenvalue weighted by molar-refractivity contribution is 7.14. The minimum absolute atomic E-state index is 0.0402. The van der Waals surface area contributed by atoms with Gasteiger partial charge in [-0.3, -0.25) is 14.9 Å². The highest BCUT2D eigenvalue weighted by Gasteiger charge is 2.17. The number of alkyl halides is 2. The quantitative estimate of drug-likeness (QED) is 0.460. The highest BCUT2D eigenvalue weighted by Crippen LogP contribution is 2.30. The third kappa shape index (κ3) is 6.51. The molecule has 0 unspecified atom stereocenters. The smallest absolute Gasteiger partial charge is 0.387 e. The molecule has 0 radical (unpaired) electrons. The molecule has 2 amide bonds. The number of nitrogens with one attached hydrogen (secondary N) is 1. The first-order valence-corrected chi connectivity index (χ1v) is 10.9. The zero-order valence-corrected chi connectivity index (χ0v) is 19.1. The molecule has 0 aliphatic carbocycles. The Labute approximate surface area is 193 Å². The fourth-order valence-electron chi connectivity index (χ4n) is 2.99. The van der Waals surface area contributed by atoms with Gasteiger partial charge >= 0.3 is 6.61 Å². The topological polar surface area (TPSA) is 93.9 Å². The van der Waals surface area contributed by atoms with Crippen molar-refractivity contribution in [3.63, 3.8) is 0 Å². The van der Waals surface area contributed by atoms with Crippen molar-refractivity contribution in [2.75, 3.05) is 19.0 Å². The van der Waals surface area contributed by atoms with Crippen molar-refractivity contribution in [1.82, 2.24) is 9.88 Å². The van der Waals surface area contributed by atoms with E-state index in [1.54, 1.807) is 44.5 Å². The largest absolute Gasteiger partial charge is 0.490 e. The number of thiazole rings is 1. The predicted molar refractivity (Wildman–Crippen MR) is 118 cm³/mol. The number of benzene rings is 1. The number of furan rings is 1. The van der Waals surface area contributed by atoms with E-state index in [2.05, 4.69) is 15.0 Å². The lowest BCUT2D eigenvalue weighted by Crippen LogP contribution is -2.27. The van der Waals surface area contributed by atoms with Gasteiger partial charge in [0.2, 0.25) is 5.91 Å². The van der Waals surface area contributed by atoms with Crippen LogP contribution in [0.15, 0.2) is 40.3 Å².